The van der Waals surface area contributed by atoms with Gasteiger partial charge in [0.1, 0.15) is 0 Å². The number of carbonyl (C=O) groups is 1. The summed E-state index contributed by atoms with van der Waals surface area (Å²) in [5, 5.41) is 6.20. The zero-order chi connectivity index (χ0) is 15.3. The summed E-state index contributed by atoms with van der Waals surface area (Å²) in [6, 6.07) is 8.04. The van der Waals surface area contributed by atoms with Crippen molar-refractivity contribution in [1.82, 2.24) is 0 Å². The number of nitrogens with one attached hydrogen (secondary N) is 2. The predicted octanol–water partition coefficient (Wildman–Crippen LogP) is 3.62. The van der Waals surface area contributed by atoms with Crippen LogP contribution >= 0.6 is 0 Å². The number of anilines is 2. The Morgan fingerprint density at radius 3 is 2.95 bits per heavy atom. The molecule has 1 amide bonds. The summed E-state index contributed by atoms with van der Waals surface area (Å²) in [5.41, 5.74) is 1.67. The molecular formula is C16H24N2O3. The van der Waals surface area contributed by atoms with Gasteiger partial charge in [-0.3, -0.25) is 5.32 Å². The van der Waals surface area contributed by atoms with Crippen molar-refractivity contribution < 1.29 is 14.3 Å². The van der Waals surface area contributed by atoms with Crippen LogP contribution in [0.4, 0.5) is 16.2 Å². The first-order valence-corrected chi connectivity index (χ1v) is 7.40. The molecule has 0 spiro atoms. The molecule has 2 N–H and O–H groups in total. The lowest BCUT2D eigenvalue weighted by Gasteiger charge is -2.38. The third-order valence-corrected chi connectivity index (χ3v) is 4.01. The number of hydrogen-bond acceptors (Lipinski definition) is 4. The highest BCUT2D eigenvalue weighted by atomic mass is 16.5. The Hall–Kier alpha value is -1.75. The normalized spacial score (nSPS) is 25.2. The monoisotopic (exact) mass is 292 g/mol. The van der Waals surface area contributed by atoms with Crippen LogP contribution in [0, 0.1) is 0 Å². The zero-order valence-electron chi connectivity index (χ0n) is 12.9. The molecular weight excluding hydrogens is 268 g/mol. The maximum absolute atomic E-state index is 11.2. The SMILES string of the molecule is CCC1(C)CC(Nc2cccc(NC(=O)OC)c2)CCO1. The van der Waals surface area contributed by atoms with E-state index in [9.17, 15) is 4.79 Å². The van der Waals surface area contributed by atoms with Crippen LogP contribution in [0.25, 0.3) is 0 Å². The molecule has 0 saturated carbocycles. The first-order chi connectivity index (χ1) is 10.0. The van der Waals surface area contributed by atoms with E-state index in [4.69, 9.17) is 4.74 Å². The van der Waals surface area contributed by atoms with Crippen molar-refractivity contribution >= 4 is 17.5 Å². The largest absolute Gasteiger partial charge is 0.453 e. The van der Waals surface area contributed by atoms with Crippen molar-refractivity contribution in [2.24, 2.45) is 0 Å². The second kappa shape index (κ2) is 6.80. The van der Waals surface area contributed by atoms with Gasteiger partial charge in [-0.15, -0.1) is 0 Å². The van der Waals surface area contributed by atoms with E-state index in [1.807, 2.05) is 24.3 Å². The lowest BCUT2D eigenvalue weighted by Crippen LogP contribution is -2.41. The van der Waals surface area contributed by atoms with E-state index in [1.54, 1.807) is 0 Å². The van der Waals surface area contributed by atoms with Crippen molar-refractivity contribution in [2.45, 2.75) is 44.8 Å². The van der Waals surface area contributed by atoms with E-state index in [2.05, 4.69) is 29.2 Å². The molecule has 0 aromatic heterocycles. The fourth-order valence-corrected chi connectivity index (χ4v) is 2.59. The standard InChI is InChI=1S/C16H24N2O3/c1-4-16(2)11-14(8-9-21-16)17-12-6-5-7-13(10-12)18-15(19)20-3/h5-7,10,14,17H,4,8-9,11H2,1-3H3,(H,18,19). The maximum atomic E-state index is 11.2. The maximum Gasteiger partial charge on any atom is 0.411 e. The number of benzene rings is 1. The molecule has 5 nitrogen and oxygen atoms in total. The average Bonchev–Trinajstić information content (AvgIpc) is 2.47. The van der Waals surface area contributed by atoms with Crippen LogP contribution in [0.2, 0.25) is 0 Å². The van der Waals surface area contributed by atoms with Crippen LogP contribution in [-0.4, -0.2) is 31.5 Å². The quantitative estimate of drug-likeness (QED) is 0.889. The highest BCUT2D eigenvalue weighted by Crippen LogP contribution is 2.29. The molecule has 1 aromatic rings. The van der Waals surface area contributed by atoms with Gasteiger partial charge in [-0.25, -0.2) is 4.79 Å². The van der Waals surface area contributed by atoms with E-state index in [-0.39, 0.29) is 5.60 Å². The van der Waals surface area contributed by atoms with Gasteiger partial charge >= 0.3 is 6.09 Å². The second-order valence-corrected chi connectivity index (χ2v) is 5.68. The summed E-state index contributed by atoms with van der Waals surface area (Å²) in [5.74, 6) is 0. The molecule has 1 aliphatic rings. The summed E-state index contributed by atoms with van der Waals surface area (Å²) < 4.78 is 10.5. The zero-order valence-corrected chi connectivity index (χ0v) is 12.9. The minimum atomic E-state index is -0.461. The van der Waals surface area contributed by atoms with E-state index in [0.717, 1.165) is 37.2 Å². The van der Waals surface area contributed by atoms with Crippen LogP contribution in [0.5, 0.6) is 0 Å². The summed E-state index contributed by atoms with van der Waals surface area (Å²) in [4.78, 5) is 11.2. The molecule has 1 heterocycles. The summed E-state index contributed by atoms with van der Waals surface area (Å²) in [6.45, 7) is 5.10. The van der Waals surface area contributed by atoms with E-state index >= 15 is 0 Å². The Balaban J connectivity index is 1.99. The number of carbonyl (C=O) groups excluding carboxylic acids is 1. The van der Waals surface area contributed by atoms with E-state index < -0.39 is 6.09 Å². The lowest BCUT2D eigenvalue weighted by atomic mass is 9.90. The van der Waals surface area contributed by atoms with Crippen molar-refractivity contribution in [3.8, 4) is 0 Å². The topological polar surface area (TPSA) is 59.6 Å². The predicted molar refractivity (Wildman–Crippen MR) is 83.8 cm³/mol. The third-order valence-electron chi connectivity index (χ3n) is 4.01. The lowest BCUT2D eigenvalue weighted by molar-refractivity contribution is -0.0708. The van der Waals surface area contributed by atoms with Gasteiger partial charge in [0.05, 0.1) is 12.7 Å². The van der Waals surface area contributed by atoms with Gasteiger partial charge in [0, 0.05) is 24.0 Å². The minimum absolute atomic E-state index is 0.0439. The highest BCUT2D eigenvalue weighted by molar-refractivity contribution is 5.85. The van der Waals surface area contributed by atoms with Crippen LogP contribution in [0.15, 0.2) is 24.3 Å². The van der Waals surface area contributed by atoms with Crippen molar-refractivity contribution in [2.75, 3.05) is 24.4 Å². The molecule has 116 valence electrons. The molecule has 0 bridgehead atoms. The number of ether oxygens (including phenoxy) is 2. The average molecular weight is 292 g/mol. The van der Waals surface area contributed by atoms with Gasteiger partial charge in [-0.2, -0.15) is 0 Å². The number of methoxy groups -OCH3 is 1. The number of hydrogen-bond donors (Lipinski definition) is 2. The first-order valence-electron chi connectivity index (χ1n) is 7.40. The Morgan fingerprint density at radius 1 is 1.48 bits per heavy atom. The van der Waals surface area contributed by atoms with Gasteiger partial charge in [0.15, 0.2) is 0 Å². The third kappa shape index (κ3) is 4.36. The summed E-state index contributed by atoms with van der Waals surface area (Å²) in [7, 11) is 1.35. The van der Waals surface area contributed by atoms with Crippen LogP contribution in [0.1, 0.15) is 33.1 Å². The minimum Gasteiger partial charge on any atom is -0.453 e. The molecule has 0 radical (unpaired) electrons. The van der Waals surface area contributed by atoms with Gasteiger partial charge in [0.2, 0.25) is 0 Å². The fraction of sp³-hybridized carbons (Fsp3) is 0.562. The second-order valence-electron chi connectivity index (χ2n) is 5.68. The molecule has 1 fully saturated rings. The van der Waals surface area contributed by atoms with Gasteiger partial charge in [0.25, 0.3) is 0 Å². The van der Waals surface area contributed by atoms with Gasteiger partial charge in [-0.05, 0) is 44.4 Å². The van der Waals surface area contributed by atoms with E-state index in [0.29, 0.717) is 6.04 Å². The molecule has 1 aromatic carbocycles. The van der Waals surface area contributed by atoms with E-state index in [1.165, 1.54) is 7.11 Å². The Labute approximate surface area is 126 Å². The molecule has 2 unspecified atom stereocenters. The van der Waals surface area contributed by atoms with Gasteiger partial charge < -0.3 is 14.8 Å². The first kappa shape index (κ1) is 15.6. The number of amides is 1. The van der Waals surface area contributed by atoms with Crippen molar-refractivity contribution in [3.63, 3.8) is 0 Å². The van der Waals surface area contributed by atoms with Gasteiger partial charge in [-0.1, -0.05) is 13.0 Å². The molecule has 2 rings (SSSR count). The smallest absolute Gasteiger partial charge is 0.411 e. The summed E-state index contributed by atoms with van der Waals surface area (Å²) >= 11 is 0. The molecule has 5 heteroatoms. The van der Waals surface area contributed by atoms with Crippen molar-refractivity contribution in [3.05, 3.63) is 24.3 Å². The highest BCUT2D eigenvalue weighted by Gasteiger charge is 2.31. The Bertz CT molecular complexity index is 492. The van der Waals surface area contributed by atoms with Crippen molar-refractivity contribution in [1.29, 1.82) is 0 Å². The van der Waals surface area contributed by atoms with Crippen LogP contribution in [-0.2, 0) is 9.47 Å². The summed E-state index contributed by atoms with van der Waals surface area (Å²) in [6.07, 6.45) is 2.52. The Kier molecular flexibility index (Phi) is 5.07. The molecule has 0 aliphatic carbocycles. The molecule has 2 atom stereocenters. The Morgan fingerprint density at radius 2 is 2.24 bits per heavy atom. The fourth-order valence-electron chi connectivity index (χ4n) is 2.59. The van der Waals surface area contributed by atoms with Crippen LogP contribution < -0.4 is 10.6 Å². The van der Waals surface area contributed by atoms with Crippen LogP contribution in [0.3, 0.4) is 0 Å². The molecule has 21 heavy (non-hydrogen) atoms. The molecule has 1 saturated heterocycles. The molecule has 1 aliphatic heterocycles. The number of rotatable bonds is 4.